The van der Waals surface area contributed by atoms with Gasteiger partial charge in [-0.2, -0.15) is 4.31 Å². The zero-order valence-corrected chi connectivity index (χ0v) is 17.8. The monoisotopic (exact) mass is 442 g/mol. The molecule has 8 nitrogen and oxygen atoms in total. The number of benzene rings is 2. The van der Waals surface area contributed by atoms with E-state index in [-0.39, 0.29) is 17.1 Å². The molecule has 0 radical (unpaired) electrons. The SMILES string of the molecule is COc1ccc(-c2cc(COC(=O)c3ccc(S(=O)(=O)N4CCCC4)cc3)no2)cc1. The van der Waals surface area contributed by atoms with Crippen LogP contribution in [0.2, 0.25) is 0 Å². The standard InChI is InChI=1S/C22H22N2O6S/c1-28-19-8-4-16(5-9-19)21-14-18(23-30-21)15-29-22(25)17-6-10-20(11-7-17)31(26,27)24-12-2-3-13-24/h4-11,14H,2-3,12-13,15H2,1H3. The van der Waals surface area contributed by atoms with E-state index in [1.807, 2.05) is 24.3 Å². The Hall–Kier alpha value is -3.17. The lowest BCUT2D eigenvalue weighted by molar-refractivity contribution is 0.0464. The molecule has 0 aliphatic carbocycles. The minimum Gasteiger partial charge on any atom is -0.497 e. The van der Waals surface area contributed by atoms with Gasteiger partial charge in [0.15, 0.2) is 5.76 Å². The van der Waals surface area contributed by atoms with Crippen LogP contribution in [0, 0.1) is 0 Å². The molecule has 0 spiro atoms. The van der Waals surface area contributed by atoms with Crippen molar-refractivity contribution in [3.8, 4) is 17.1 Å². The largest absolute Gasteiger partial charge is 0.497 e. The molecule has 2 aromatic carbocycles. The van der Waals surface area contributed by atoms with Crippen molar-refractivity contribution >= 4 is 16.0 Å². The highest BCUT2D eigenvalue weighted by molar-refractivity contribution is 7.89. The molecule has 2 heterocycles. The summed E-state index contributed by atoms with van der Waals surface area (Å²) in [6.07, 6.45) is 1.73. The van der Waals surface area contributed by atoms with Crippen LogP contribution in [-0.2, 0) is 21.4 Å². The molecule has 31 heavy (non-hydrogen) atoms. The van der Waals surface area contributed by atoms with E-state index in [2.05, 4.69) is 5.16 Å². The van der Waals surface area contributed by atoms with E-state index in [9.17, 15) is 13.2 Å². The topological polar surface area (TPSA) is 98.9 Å². The Morgan fingerprint density at radius 2 is 1.74 bits per heavy atom. The van der Waals surface area contributed by atoms with Crippen molar-refractivity contribution in [1.82, 2.24) is 9.46 Å². The molecule has 0 unspecified atom stereocenters. The van der Waals surface area contributed by atoms with Crippen LogP contribution in [0.25, 0.3) is 11.3 Å². The lowest BCUT2D eigenvalue weighted by atomic mass is 10.1. The summed E-state index contributed by atoms with van der Waals surface area (Å²) in [5, 5.41) is 3.92. The lowest BCUT2D eigenvalue weighted by Gasteiger charge is -2.15. The minimum absolute atomic E-state index is 0.0632. The van der Waals surface area contributed by atoms with Crippen LogP contribution in [0.1, 0.15) is 28.9 Å². The third kappa shape index (κ3) is 4.62. The van der Waals surface area contributed by atoms with E-state index in [1.54, 1.807) is 13.2 Å². The molecule has 1 fully saturated rings. The van der Waals surface area contributed by atoms with Crippen LogP contribution in [0.4, 0.5) is 0 Å². The normalized spacial score (nSPS) is 14.5. The van der Waals surface area contributed by atoms with Gasteiger partial charge in [-0.1, -0.05) is 5.16 Å². The van der Waals surface area contributed by atoms with Gasteiger partial charge >= 0.3 is 5.97 Å². The Morgan fingerprint density at radius 1 is 1.06 bits per heavy atom. The van der Waals surface area contributed by atoms with E-state index in [4.69, 9.17) is 14.0 Å². The van der Waals surface area contributed by atoms with Crippen molar-refractivity contribution in [1.29, 1.82) is 0 Å². The highest BCUT2D eigenvalue weighted by atomic mass is 32.2. The number of ether oxygens (including phenoxy) is 2. The molecule has 3 aromatic rings. The van der Waals surface area contributed by atoms with Gasteiger partial charge in [0, 0.05) is 24.7 Å². The van der Waals surface area contributed by atoms with Crippen LogP contribution in [0.15, 0.2) is 64.0 Å². The molecule has 4 rings (SSSR count). The van der Waals surface area contributed by atoms with Crippen molar-refractivity contribution in [2.45, 2.75) is 24.3 Å². The van der Waals surface area contributed by atoms with Gasteiger partial charge in [0.25, 0.3) is 0 Å². The van der Waals surface area contributed by atoms with Gasteiger partial charge in [0.2, 0.25) is 10.0 Å². The van der Waals surface area contributed by atoms with Crippen molar-refractivity contribution in [2.75, 3.05) is 20.2 Å². The smallest absolute Gasteiger partial charge is 0.338 e. The zero-order valence-electron chi connectivity index (χ0n) is 17.0. The highest BCUT2D eigenvalue weighted by Crippen LogP contribution is 2.24. The van der Waals surface area contributed by atoms with E-state index in [0.717, 1.165) is 24.2 Å². The van der Waals surface area contributed by atoms with E-state index in [1.165, 1.54) is 28.6 Å². The van der Waals surface area contributed by atoms with Crippen LogP contribution in [0.3, 0.4) is 0 Å². The molecule has 1 aromatic heterocycles. The maximum Gasteiger partial charge on any atom is 0.338 e. The number of rotatable bonds is 7. The van der Waals surface area contributed by atoms with Gasteiger partial charge in [-0.3, -0.25) is 0 Å². The van der Waals surface area contributed by atoms with E-state index in [0.29, 0.717) is 24.5 Å². The van der Waals surface area contributed by atoms with Crippen molar-refractivity contribution in [3.05, 3.63) is 65.9 Å². The maximum atomic E-state index is 12.6. The molecule has 162 valence electrons. The molecular formula is C22H22N2O6S. The van der Waals surface area contributed by atoms with E-state index < -0.39 is 16.0 Å². The summed E-state index contributed by atoms with van der Waals surface area (Å²) in [5.74, 6) is 0.709. The Morgan fingerprint density at radius 3 is 2.39 bits per heavy atom. The van der Waals surface area contributed by atoms with Gasteiger partial charge in [-0.25, -0.2) is 13.2 Å². The number of esters is 1. The van der Waals surface area contributed by atoms with Gasteiger partial charge < -0.3 is 14.0 Å². The first-order chi connectivity index (χ1) is 15.0. The fraction of sp³-hybridized carbons (Fsp3) is 0.273. The third-order valence-corrected chi connectivity index (χ3v) is 6.99. The predicted molar refractivity (Wildman–Crippen MR) is 112 cm³/mol. The van der Waals surface area contributed by atoms with Crippen LogP contribution < -0.4 is 4.74 Å². The first-order valence-electron chi connectivity index (χ1n) is 9.85. The van der Waals surface area contributed by atoms with E-state index >= 15 is 0 Å². The van der Waals surface area contributed by atoms with Crippen molar-refractivity contribution in [2.24, 2.45) is 0 Å². The first-order valence-corrected chi connectivity index (χ1v) is 11.3. The molecular weight excluding hydrogens is 420 g/mol. The molecule has 1 aliphatic rings. The summed E-state index contributed by atoms with van der Waals surface area (Å²) in [4.78, 5) is 12.5. The number of methoxy groups -OCH3 is 1. The Kier molecular flexibility index (Phi) is 6.06. The molecule has 0 saturated carbocycles. The molecule has 9 heteroatoms. The van der Waals surface area contributed by atoms with Gasteiger partial charge in [0.05, 0.1) is 17.6 Å². The van der Waals surface area contributed by atoms with Crippen LogP contribution in [0.5, 0.6) is 5.75 Å². The second-order valence-corrected chi connectivity index (χ2v) is 9.06. The zero-order chi connectivity index (χ0) is 21.8. The summed E-state index contributed by atoms with van der Waals surface area (Å²) in [5.41, 5.74) is 1.55. The first kappa shape index (κ1) is 21.1. The van der Waals surface area contributed by atoms with Crippen LogP contribution in [-0.4, -0.2) is 44.0 Å². The number of nitrogens with zero attached hydrogens (tertiary/aromatic N) is 2. The number of carbonyl (C=O) groups is 1. The summed E-state index contributed by atoms with van der Waals surface area (Å²) >= 11 is 0. The molecule has 0 amide bonds. The average molecular weight is 442 g/mol. The number of aromatic nitrogens is 1. The fourth-order valence-electron chi connectivity index (χ4n) is 3.33. The van der Waals surface area contributed by atoms with Crippen molar-refractivity contribution < 1.29 is 27.2 Å². The second-order valence-electron chi connectivity index (χ2n) is 7.12. The summed E-state index contributed by atoms with van der Waals surface area (Å²) in [7, 11) is -1.92. The summed E-state index contributed by atoms with van der Waals surface area (Å²) in [6, 6.07) is 14.8. The molecule has 0 bridgehead atoms. The van der Waals surface area contributed by atoms with Gasteiger partial charge in [-0.15, -0.1) is 0 Å². The quantitative estimate of drug-likeness (QED) is 0.517. The number of hydrogen-bond acceptors (Lipinski definition) is 7. The Bertz CT molecular complexity index is 1150. The Labute approximate surface area is 180 Å². The lowest BCUT2D eigenvalue weighted by Crippen LogP contribution is -2.27. The predicted octanol–water partition coefficient (Wildman–Crippen LogP) is 3.49. The third-order valence-electron chi connectivity index (χ3n) is 5.08. The fourth-order valence-corrected chi connectivity index (χ4v) is 4.85. The number of hydrogen-bond donors (Lipinski definition) is 0. The van der Waals surface area contributed by atoms with Gasteiger partial charge in [-0.05, 0) is 61.4 Å². The molecule has 1 aliphatic heterocycles. The maximum absolute atomic E-state index is 12.6. The van der Waals surface area contributed by atoms with Gasteiger partial charge in [0.1, 0.15) is 18.1 Å². The molecule has 0 N–H and O–H groups in total. The number of sulfonamides is 1. The average Bonchev–Trinajstić information content (AvgIpc) is 3.50. The molecule has 1 saturated heterocycles. The van der Waals surface area contributed by atoms with Crippen molar-refractivity contribution in [3.63, 3.8) is 0 Å². The summed E-state index contributed by atoms with van der Waals surface area (Å²) < 4.78 is 42.3. The number of carbonyl (C=O) groups excluding carboxylic acids is 1. The highest BCUT2D eigenvalue weighted by Gasteiger charge is 2.27. The van der Waals surface area contributed by atoms with Crippen LogP contribution >= 0.6 is 0 Å². The molecule has 0 atom stereocenters. The summed E-state index contributed by atoms with van der Waals surface area (Å²) in [6.45, 7) is 0.997. The Balaban J connectivity index is 1.37. The second kappa shape index (κ2) is 8.91. The minimum atomic E-state index is -3.51.